The molecule has 0 fully saturated rings. The van der Waals surface area contributed by atoms with Crippen molar-refractivity contribution in [1.29, 1.82) is 0 Å². The van der Waals surface area contributed by atoms with Crippen molar-refractivity contribution in [3.63, 3.8) is 0 Å². The Morgan fingerprint density at radius 2 is 1.79 bits per heavy atom. The Morgan fingerprint density at radius 3 is 2.45 bits per heavy atom. The van der Waals surface area contributed by atoms with Crippen LogP contribution in [-0.4, -0.2) is 38.6 Å². The molecule has 0 radical (unpaired) electrons. The standard InChI is InChI=1S/C20H25ClF2N4O.HI/c1-24-20(25-11-14-5-4-6-15(9-14)13-27(2)3)26-12-16-10-17(21)7-8-18(16)28-19(22)23;/h4-10,19H,11-13H2,1-3H3,(H2,24,25,26);1H. The molecular formula is C20H26ClF2IN4O. The van der Waals surface area contributed by atoms with Crippen molar-refractivity contribution in [2.45, 2.75) is 26.2 Å². The van der Waals surface area contributed by atoms with E-state index in [4.69, 9.17) is 11.6 Å². The van der Waals surface area contributed by atoms with E-state index in [0.717, 1.165) is 12.1 Å². The van der Waals surface area contributed by atoms with Gasteiger partial charge in [-0.3, -0.25) is 4.99 Å². The van der Waals surface area contributed by atoms with E-state index in [-0.39, 0.29) is 36.3 Å². The third-order valence-electron chi connectivity index (χ3n) is 3.86. The van der Waals surface area contributed by atoms with Gasteiger partial charge in [0.05, 0.1) is 0 Å². The summed E-state index contributed by atoms with van der Waals surface area (Å²) in [6, 6.07) is 12.8. The van der Waals surface area contributed by atoms with Gasteiger partial charge in [0.25, 0.3) is 0 Å². The normalized spacial score (nSPS) is 11.4. The number of rotatable bonds is 8. The summed E-state index contributed by atoms with van der Waals surface area (Å²) in [5.41, 5.74) is 2.86. The molecule has 0 amide bonds. The van der Waals surface area contributed by atoms with Crippen LogP contribution in [0.5, 0.6) is 5.75 Å². The van der Waals surface area contributed by atoms with Gasteiger partial charge in [0.1, 0.15) is 5.75 Å². The summed E-state index contributed by atoms with van der Waals surface area (Å²) >= 11 is 5.97. The largest absolute Gasteiger partial charge is 0.434 e. The maximum atomic E-state index is 12.6. The monoisotopic (exact) mass is 538 g/mol. The summed E-state index contributed by atoms with van der Waals surface area (Å²) in [6.07, 6.45) is 0. The quantitative estimate of drug-likeness (QED) is 0.296. The van der Waals surface area contributed by atoms with E-state index in [2.05, 4.69) is 37.4 Å². The molecule has 0 atom stereocenters. The van der Waals surface area contributed by atoms with E-state index in [0.29, 0.717) is 23.1 Å². The fourth-order valence-corrected chi connectivity index (χ4v) is 2.88. The van der Waals surface area contributed by atoms with Gasteiger partial charge >= 0.3 is 6.61 Å². The number of benzene rings is 2. The minimum Gasteiger partial charge on any atom is -0.434 e. The van der Waals surface area contributed by atoms with E-state index in [1.807, 2.05) is 26.2 Å². The molecule has 2 N–H and O–H groups in total. The highest BCUT2D eigenvalue weighted by Crippen LogP contribution is 2.24. The lowest BCUT2D eigenvalue weighted by Gasteiger charge is -2.15. The van der Waals surface area contributed by atoms with Crippen LogP contribution < -0.4 is 15.4 Å². The average molecular weight is 539 g/mol. The smallest absolute Gasteiger partial charge is 0.387 e. The van der Waals surface area contributed by atoms with Crippen molar-refractivity contribution in [3.8, 4) is 5.75 Å². The number of hydrogen-bond donors (Lipinski definition) is 2. The molecule has 160 valence electrons. The van der Waals surface area contributed by atoms with Crippen LogP contribution in [0.4, 0.5) is 8.78 Å². The Hall–Kier alpha value is -1.65. The van der Waals surface area contributed by atoms with Gasteiger partial charge in [0.15, 0.2) is 5.96 Å². The van der Waals surface area contributed by atoms with Crippen LogP contribution in [0.2, 0.25) is 5.02 Å². The minimum atomic E-state index is -2.90. The van der Waals surface area contributed by atoms with Crippen LogP contribution >= 0.6 is 35.6 Å². The Morgan fingerprint density at radius 1 is 1.10 bits per heavy atom. The first-order valence-electron chi connectivity index (χ1n) is 8.77. The van der Waals surface area contributed by atoms with Crippen LogP contribution in [-0.2, 0) is 19.6 Å². The highest BCUT2D eigenvalue weighted by molar-refractivity contribution is 14.0. The summed E-state index contributed by atoms with van der Waals surface area (Å²) in [7, 11) is 5.70. The van der Waals surface area contributed by atoms with Crippen molar-refractivity contribution in [2.24, 2.45) is 4.99 Å². The second kappa shape index (κ2) is 12.8. The van der Waals surface area contributed by atoms with Gasteiger partial charge < -0.3 is 20.3 Å². The number of nitrogens with zero attached hydrogens (tertiary/aromatic N) is 2. The van der Waals surface area contributed by atoms with Crippen LogP contribution in [0.15, 0.2) is 47.5 Å². The molecule has 0 aromatic heterocycles. The Balaban J connectivity index is 0.00000420. The van der Waals surface area contributed by atoms with Gasteiger partial charge in [0.2, 0.25) is 0 Å². The Bertz CT molecular complexity index is 806. The van der Waals surface area contributed by atoms with Crippen LogP contribution in [0.3, 0.4) is 0 Å². The first-order chi connectivity index (χ1) is 13.4. The number of nitrogens with one attached hydrogen (secondary N) is 2. The molecule has 29 heavy (non-hydrogen) atoms. The molecule has 0 aliphatic rings. The fourth-order valence-electron chi connectivity index (χ4n) is 2.69. The lowest BCUT2D eigenvalue weighted by molar-refractivity contribution is -0.0504. The molecule has 0 unspecified atom stereocenters. The summed E-state index contributed by atoms with van der Waals surface area (Å²) in [4.78, 5) is 6.27. The third kappa shape index (κ3) is 9.14. The molecule has 9 heteroatoms. The molecule has 2 aromatic rings. The number of guanidine groups is 1. The number of alkyl halides is 2. The lowest BCUT2D eigenvalue weighted by Crippen LogP contribution is -2.36. The maximum Gasteiger partial charge on any atom is 0.387 e. The van der Waals surface area contributed by atoms with Gasteiger partial charge in [-0.2, -0.15) is 8.78 Å². The summed E-state index contributed by atoms with van der Waals surface area (Å²) in [6.45, 7) is -1.21. The molecule has 5 nitrogen and oxygen atoms in total. The second-order valence-corrected chi connectivity index (χ2v) is 6.90. The van der Waals surface area contributed by atoms with E-state index in [1.54, 1.807) is 13.1 Å². The topological polar surface area (TPSA) is 48.9 Å². The second-order valence-electron chi connectivity index (χ2n) is 6.47. The van der Waals surface area contributed by atoms with E-state index in [1.165, 1.54) is 17.7 Å². The van der Waals surface area contributed by atoms with Crippen molar-refractivity contribution in [1.82, 2.24) is 15.5 Å². The Kier molecular flexibility index (Phi) is 11.2. The molecule has 0 bridgehead atoms. The Labute approximate surface area is 192 Å². The lowest BCUT2D eigenvalue weighted by atomic mass is 10.1. The predicted octanol–water partition coefficient (Wildman–Crippen LogP) is 4.49. The molecule has 0 saturated heterocycles. The average Bonchev–Trinajstić information content (AvgIpc) is 2.63. The van der Waals surface area contributed by atoms with Crippen LogP contribution in [0, 0.1) is 0 Å². The molecular weight excluding hydrogens is 513 g/mol. The van der Waals surface area contributed by atoms with Crippen molar-refractivity contribution in [2.75, 3.05) is 21.1 Å². The molecule has 2 aromatic carbocycles. The van der Waals surface area contributed by atoms with E-state index in [9.17, 15) is 8.78 Å². The van der Waals surface area contributed by atoms with Gasteiger partial charge in [0, 0.05) is 37.3 Å². The molecule has 0 spiro atoms. The van der Waals surface area contributed by atoms with Crippen LogP contribution in [0.25, 0.3) is 0 Å². The van der Waals surface area contributed by atoms with Crippen LogP contribution in [0.1, 0.15) is 16.7 Å². The summed E-state index contributed by atoms with van der Waals surface area (Å²) in [5.74, 6) is 0.625. The summed E-state index contributed by atoms with van der Waals surface area (Å²) in [5, 5.41) is 6.75. The number of hydrogen-bond acceptors (Lipinski definition) is 3. The van der Waals surface area contributed by atoms with Crippen molar-refractivity contribution >= 4 is 41.5 Å². The predicted molar refractivity (Wildman–Crippen MR) is 124 cm³/mol. The third-order valence-corrected chi connectivity index (χ3v) is 4.09. The van der Waals surface area contributed by atoms with Crippen molar-refractivity contribution in [3.05, 3.63) is 64.2 Å². The van der Waals surface area contributed by atoms with E-state index >= 15 is 0 Å². The highest BCUT2D eigenvalue weighted by Gasteiger charge is 2.11. The zero-order valence-corrected chi connectivity index (χ0v) is 19.7. The highest BCUT2D eigenvalue weighted by atomic mass is 127. The first-order valence-corrected chi connectivity index (χ1v) is 9.15. The van der Waals surface area contributed by atoms with E-state index < -0.39 is 6.61 Å². The molecule has 0 aliphatic carbocycles. The maximum absolute atomic E-state index is 12.6. The van der Waals surface area contributed by atoms with Gasteiger partial charge in [-0.1, -0.05) is 35.9 Å². The zero-order chi connectivity index (χ0) is 20.5. The van der Waals surface area contributed by atoms with Gasteiger partial charge in [-0.05, 0) is 43.4 Å². The number of halogens is 4. The van der Waals surface area contributed by atoms with Gasteiger partial charge in [-0.25, -0.2) is 0 Å². The van der Waals surface area contributed by atoms with Crippen molar-refractivity contribution < 1.29 is 13.5 Å². The molecule has 0 saturated carbocycles. The molecule has 0 aliphatic heterocycles. The SMILES string of the molecule is CN=C(NCc1cccc(CN(C)C)c1)NCc1cc(Cl)ccc1OC(F)F.I. The first kappa shape index (κ1) is 25.4. The molecule has 0 heterocycles. The van der Waals surface area contributed by atoms with Gasteiger partial charge in [-0.15, -0.1) is 24.0 Å². The number of ether oxygens (including phenoxy) is 1. The fraction of sp³-hybridized carbons (Fsp3) is 0.350. The minimum absolute atomic E-state index is 0. The number of aliphatic imine (C=N–C) groups is 1. The summed E-state index contributed by atoms with van der Waals surface area (Å²) < 4.78 is 29.7. The zero-order valence-electron chi connectivity index (χ0n) is 16.6. The molecule has 2 rings (SSSR count).